The van der Waals surface area contributed by atoms with Crippen molar-refractivity contribution in [2.24, 2.45) is 0 Å². The standard InChI is InChI=1S/C17H26N2O4/c1-22-11-14-5-6-15(23-14)16(20)19-10-4-7-17(21,13-19)12-18-8-2-3-9-18/h5-6,21H,2-4,7-13H2,1H3. The van der Waals surface area contributed by atoms with Gasteiger partial charge in [-0.15, -0.1) is 0 Å². The third kappa shape index (κ3) is 3.94. The van der Waals surface area contributed by atoms with E-state index in [-0.39, 0.29) is 5.91 Å². The Morgan fingerprint density at radius 3 is 2.83 bits per heavy atom. The quantitative estimate of drug-likeness (QED) is 0.890. The molecule has 0 bridgehead atoms. The average molecular weight is 322 g/mol. The number of aliphatic hydroxyl groups is 1. The van der Waals surface area contributed by atoms with E-state index in [0.29, 0.717) is 37.8 Å². The molecule has 1 aromatic heterocycles. The van der Waals surface area contributed by atoms with Crippen LogP contribution in [0.1, 0.15) is 42.0 Å². The molecule has 2 aliphatic heterocycles. The Morgan fingerprint density at radius 2 is 2.09 bits per heavy atom. The summed E-state index contributed by atoms with van der Waals surface area (Å²) in [7, 11) is 1.59. The molecule has 0 saturated carbocycles. The lowest BCUT2D eigenvalue weighted by molar-refractivity contribution is -0.0437. The van der Waals surface area contributed by atoms with Gasteiger partial charge in [-0.3, -0.25) is 4.79 Å². The number of rotatable bonds is 5. The average Bonchev–Trinajstić information content (AvgIpc) is 3.18. The first-order valence-corrected chi connectivity index (χ1v) is 8.41. The van der Waals surface area contributed by atoms with Crippen LogP contribution in [0.4, 0.5) is 0 Å². The zero-order chi connectivity index (χ0) is 16.3. The highest BCUT2D eigenvalue weighted by Crippen LogP contribution is 2.25. The van der Waals surface area contributed by atoms with E-state index in [9.17, 15) is 9.90 Å². The van der Waals surface area contributed by atoms with E-state index in [4.69, 9.17) is 9.15 Å². The van der Waals surface area contributed by atoms with Crippen LogP contribution in [0.2, 0.25) is 0 Å². The molecule has 1 amide bonds. The maximum Gasteiger partial charge on any atom is 0.289 e. The van der Waals surface area contributed by atoms with Gasteiger partial charge < -0.3 is 24.1 Å². The second-order valence-electron chi connectivity index (χ2n) is 6.74. The number of ether oxygens (including phenoxy) is 1. The van der Waals surface area contributed by atoms with E-state index in [0.717, 1.165) is 25.9 Å². The second-order valence-corrected chi connectivity index (χ2v) is 6.74. The summed E-state index contributed by atoms with van der Waals surface area (Å²) >= 11 is 0. The predicted octanol–water partition coefficient (Wildman–Crippen LogP) is 1.49. The number of β-amino-alcohol motifs (C(OH)–C–C–N with tert-alkyl or cyclic N) is 1. The van der Waals surface area contributed by atoms with Crippen molar-refractivity contribution < 1.29 is 19.1 Å². The first-order valence-electron chi connectivity index (χ1n) is 8.41. The zero-order valence-electron chi connectivity index (χ0n) is 13.8. The Hall–Kier alpha value is -1.37. The first kappa shape index (κ1) is 16.5. The van der Waals surface area contributed by atoms with Gasteiger partial charge >= 0.3 is 0 Å². The van der Waals surface area contributed by atoms with Crippen molar-refractivity contribution in [1.29, 1.82) is 0 Å². The SMILES string of the molecule is COCc1ccc(C(=O)N2CCCC(O)(CN3CCCC3)C2)o1. The van der Waals surface area contributed by atoms with Crippen LogP contribution >= 0.6 is 0 Å². The highest BCUT2D eigenvalue weighted by molar-refractivity contribution is 5.91. The maximum atomic E-state index is 12.6. The maximum absolute atomic E-state index is 12.6. The monoisotopic (exact) mass is 322 g/mol. The van der Waals surface area contributed by atoms with Gasteiger partial charge in [-0.1, -0.05) is 0 Å². The summed E-state index contributed by atoms with van der Waals surface area (Å²) in [4.78, 5) is 16.6. The van der Waals surface area contributed by atoms with Crippen LogP contribution in [-0.4, -0.2) is 66.2 Å². The molecule has 2 fully saturated rings. The Balaban J connectivity index is 1.63. The molecule has 1 unspecified atom stereocenters. The molecule has 6 nitrogen and oxygen atoms in total. The largest absolute Gasteiger partial charge is 0.453 e. The molecule has 1 N–H and O–H groups in total. The van der Waals surface area contributed by atoms with Crippen LogP contribution < -0.4 is 0 Å². The van der Waals surface area contributed by atoms with Crippen LogP contribution in [0.25, 0.3) is 0 Å². The number of nitrogens with zero attached hydrogens (tertiary/aromatic N) is 2. The molecule has 1 aromatic rings. The van der Waals surface area contributed by atoms with Crippen LogP contribution in [-0.2, 0) is 11.3 Å². The molecule has 6 heteroatoms. The number of furan rings is 1. The summed E-state index contributed by atoms with van der Waals surface area (Å²) in [6.07, 6.45) is 3.98. The Kier molecular flexibility index (Phi) is 5.04. The van der Waals surface area contributed by atoms with E-state index in [2.05, 4.69) is 4.90 Å². The number of piperidine rings is 1. The fourth-order valence-electron chi connectivity index (χ4n) is 3.64. The van der Waals surface area contributed by atoms with E-state index in [1.165, 1.54) is 12.8 Å². The van der Waals surface area contributed by atoms with Gasteiger partial charge in [0.15, 0.2) is 5.76 Å². The third-order valence-electron chi connectivity index (χ3n) is 4.72. The van der Waals surface area contributed by atoms with Gasteiger partial charge in [-0.25, -0.2) is 0 Å². The van der Waals surface area contributed by atoms with Crippen molar-refractivity contribution in [3.8, 4) is 0 Å². The van der Waals surface area contributed by atoms with E-state index < -0.39 is 5.60 Å². The smallest absolute Gasteiger partial charge is 0.289 e. The number of carbonyl (C=O) groups is 1. The van der Waals surface area contributed by atoms with Crippen molar-refractivity contribution in [3.05, 3.63) is 23.7 Å². The van der Waals surface area contributed by atoms with Gasteiger partial charge in [-0.2, -0.15) is 0 Å². The minimum Gasteiger partial charge on any atom is -0.453 e. The molecule has 0 spiro atoms. The molecule has 0 aliphatic carbocycles. The highest BCUT2D eigenvalue weighted by Gasteiger charge is 2.38. The number of hydrogen-bond donors (Lipinski definition) is 1. The fraction of sp³-hybridized carbons (Fsp3) is 0.706. The van der Waals surface area contributed by atoms with Gasteiger partial charge in [0, 0.05) is 20.2 Å². The lowest BCUT2D eigenvalue weighted by atomic mass is 9.92. The van der Waals surface area contributed by atoms with Gasteiger partial charge in [-0.05, 0) is 50.9 Å². The van der Waals surface area contributed by atoms with Gasteiger partial charge in [0.1, 0.15) is 12.4 Å². The van der Waals surface area contributed by atoms with Crippen molar-refractivity contribution in [1.82, 2.24) is 9.80 Å². The number of likely N-dealkylation sites (tertiary alicyclic amines) is 2. The molecule has 0 radical (unpaired) electrons. The van der Waals surface area contributed by atoms with E-state index >= 15 is 0 Å². The molecular formula is C17H26N2O4. The third-order valence-corrected chi connectivity index (χ3v) is 4.72. The Labute approximate surface area is 137 Å². The first-order chi connectivity index (χ1) is 11.1. The summed E-state index contributed by atoms with van der Waals surface area (Å²) in [5.41, 5.74) is -0.805. The molecule has 3 heterocycles. The van der Waals surface area contributed by atoms with Gasteiger partial charge in [0.2, 0.25) is 0 Å². The van der Waals surface area contributed by atoms with Gasteiger partial charge in [0.25, 0.3) is 5.91 Å². The van der Waals surface area contributed by atoms with Crippen molar-refractivity contribution in [2.45, 2.75) is 37.9 Å². The zero-order valence-corrected chi connectivity index (χ0v) is 13.8. The molecular weight excluding hydrogens is 296 g/mol. The second kappa shape index (κ2) is 7.03. The minimum atomic E-state index is -0.805. The number of carbonyl (C=O) groups excluding carboxylic acids is 1. The fourth-order valence-corrected chi connectivity index (χ4v) is 3.64. The normalized spacial score (nSPS) is 25.9. The van der Waals surface area contributed by atoms with E-state index in [1.807, 2.05) is 0 Å². The molecule has 0 aromatic carbocycles. The summed E-state index contributed by atoms with van der Waals surface area (Å²) in [5, 5.41) is 10.9. The number of hydrogen-bond acceptors (Lipinski definition) is 5. The highest BCUT2D eigenvalue weighted by atomic mass is 16.5. The Bertz CT molecular complexity index is 538. The van der Waals surface area contributed by atoms with Crippen LogP contribution in [0, 0.1) is 0 Å². The predicted molar refractivity (Wildman–Crippen MR) is 85.2 cm³/mol. The topological polar surface area (TPSA) is 66.2 Å². The lowest BCUT2D eigenvalue weighted by Gasteiger charge is -2.40. The number of methoxy groups -OCH3 is 1. The van der Waals surface area contributed by atoms with E-state index in [1.54, 1.807) is 24.1 Å². The molecule has 128 valence electrons. The Morgan fingerprint density at radius 1 is 1.30 bits per heavy atom. The molecule has 2 aliphatic rings. The van der Waals surface area contributed by atoms with Gasteiger partial charge in [0.05, 0.1) is 12.1 Å². The summed E-state index contributed by atoms with van der Waals surface area (Å²) < 4.78 is 10.5. The summed E-state index contributed by atoms with van der Waals surface area (Å²) in [5.74, 6) is 0.814. The van der Waals surface area contributed by atoms with Crippen LogP contribution in [0.3, 0.4) is 0 Å². The summed E-state index contributed by atoms with van der Waals surface area (Å²) in [6.45, 7) is 4.16. The molecule has 2 saturated heterocycles. The minimum absolute atomic E-state index is 0.146. The van der Waals surface area contributed by atoms with Crippen LogP contribution in [0.15, 0.2) is 16.5 Å². The van der Waals surface area contributed by atoms with Crippen LogP contribution in [0.5, 0.6) is 0 Å². The molecule has 1 atom stereocenters. The van der Waals surface area contributed by atoms with Crippen molar-refractivity contribution in [2.75, 3.05) is 39.8 Å². The summed E-state index contributed by atoms with van der Waals surface area (Å²) in [6, 6.07) is 3.45. The molecule has 23 heavy (non-hydrogen) atoms. The van der Waals surface area contributed by atoms with Crippen molar-refractivity contribution in [3.63, 3.8) is 0 Å². The molecule has 3 rings (SSSR count). The van der Waals surface area contributed by atoms with Crippen molar-refractivity contribution >= 4 is 5.91 Å². The number of amides is 1. The lowest BCUT2D eigenvalue weighted by Crippen LogP contribution is -2.55.